The van der Waals surface area contributed by atoms with E-state index in [1.165, 1.54) is 6.07 Å². The molecule has 0 saturated heterocycles. The van der Waals surface area contributed by atoms with E-state index in [1.807, 2.05) is 24.3 Å². The summed E-state index contributed by atoms with van der Waals surface area (Å²) in [5.41, 5.74) is 1.60. The van der Waals surface area contributed by atoms with E-state index in [1.54, 1.807) is 6.07 Å². The number of aromatic nitrogens is 1. The number of halogens is 1. The van der Waals surface area contributed by atoms with E-state index < -0.39 is 5.97 Å². The van der Waals surface area contributed by atoms with Crippen molar-refractivity contribution < 1.29 is 15.0 Å². The quantitative estimate of drug-likeness (QED) is 0.789. The highest BCUT2D eigenvalue weighted by atomic mass is 35.5. The predicted octanol–water partition coefficient (Wildman–Crippen LogP) is 2.54. The van der Waals surface area contributed by atoms with Crippen molar-refractivity contribution in [3.63, 3.8) is 0 Å². The Morgan fingerprint density at radius 3 is 2.70 bits per heavy atom. The Labute approximate surface area is 120 Å². The largest absolute Gasteiger partial charge is 0.476 e. The van der Waals surface area contributed by atoms with E-state index in [2.05, 4.69) is 10.3 Å². The van der Waals surface area contributed by atoms with Crippen LogP contribution in [-0.4, -0.2) is 21.2 Å². The number of aliphatic hydroxyl groups is 1. The molecule has 104 valence electrons. The number of rotatable bonds is 5. The minimum absolute atomic E-state index is 0.0177. The third-order valence-corrected chi connectivity index (χ3v) is 3.00. The van der Waals surface area contributed by atoms with Crippen LogP contribution in [0.25, 0.3) is 0 Å². The van der Waals surface area contributed by atoms with Crippen LogP contribution in [0.15, 0.2) is 36.4 Å². The fourth-order valence-corrected chi connectivity index (χ4v) is 1.91. The number of aliphatic hydroxyl groups excluding tert-OH is 1. The molecule has 0 bridgehead atoms. The van der Waals surface area contributed by atoms with Gasteiger partial charge >= 0.3 is 5.97 Å². The summed E-state index contributed by atoms with van der Waals surface area (Å²) in [7, 11) is 0. The highest BCUT2D eigenvalue weighted by Gasteiger charge is 2.11. The number of carboxylic acids is 1. The molecule has 0 aliphatic heterocycles. The molecule has 2 aromatic rings. The number of hydrogen-bond donors (Lipinski definition) is 3. The molecule has 0 aliphatic carbocycles. The number of benzene rings is 1. The maximum atomic E-state index is 10.9. The summed E-state index contributed by atoms with van der Waals surface area (Å²) in [4.78, 5) is 14.9. The molecule has 0 radical (unpaired) electrons. The molecular formula is C14H13ClN2O3. The van der Waals surface area contributed by atoms with Gasteiger partial charge in [0.2, 0.25) is 0 Å². The second kappa shape index (κ2) is 6.36. The minimum Gasteiger partial charge on any atom is -0.476 e. The molecule has 2 rings (SSSR count). The molecule has 5 nitrogen and oxygen atoms in total. The monoisotopic (exact) mass is 292 g/mol. The van der Waals surface area contributed by atoms with Gasteiger partial charge in [0.1, 0.15) is 5.82 Å². The maximum absolute atomic E-state index is 10.9. The summed E-state index contributed by atoms with van der Waals surface area (Å²) >= 11 is 5.75. The van der Waals surface area contributed by atoms with Gasteiger partial charge < -0.3 is 15.5 Å². The highest BCUT2D eigenvalue weighted by Crippen LogP contribution is 2.17. The van der Waals surface area contributed by atoms with Crippen LogP contribution in [-0.2, 0) is 13.2 Å². The van der Waals surface area contributed by atoms with Crippen molar-refractivity contribution in [2.24, 2.45) is 0 Å². The van der Waals surface area contributed by atoms with Crippen molar-refractivity contribution in [3.8, 4) is 0 Å². The normalized spacial score (nSPS) is 10.3. The van der Waals surface area contributed by atoms with Crippen molar-refractivity contribution in [3.05, 3.63) is 58.2 Å². The summed E-state index contributed by atoms with van der Waals surface area (Å²) in [6.45, 7) is 0.456. The van der Waals surface area contributed by atoms with Crippen LogP contribution in [0.5, 0.6) is 0 Å². The van der Waals surface area contributed by atoms with Gasteiger partial charge in [-0.25, -0.2) is 9.78 Å². The maximum Gasteiger partial charge on any atom is 0.356 e. The first kappa shape index (κ1) is 14.3. The van der Waals surface area contributed by atoms with Crippen LogP contribution < -0.4 is 5.32 Å². The summed E-state index contributed by atoms with van der Waals surface area (Å²) < 4.78 is 0. The third-order valence-electron chi connectivity index (χ3n) is 2.70. The number of nitrogens with one attached hydrogen (secondary N) is 1. The fraction of sp³-hybridized carbons (Fsp3) is 0.143. The molecule has 0 saturated carbocycles. The Balaban J connectivity index is 2.10. The number of hydrogen-bond acceptors (Lipinski definition) is 4. The van der Waals surface area contributed by atoms with E-state index in [-0.39, 0.29) is 17.3 Å². The lowest BCUT2D eigenvalue weighted by Gasteiger charge is -2.08. The van der Waals surface area contributed by atoms with Crippen LogP contribution in [0.1, 0.15) is 21.6 Å². The molecule has 20 heavy (non-hydrogen) atoms. The molecule has 1 aromatic carbocycles. The van der Waals surface area contributed by atoms with Crippen molar-refractivity contribution in [1.82, 2.24) is 4.98 Å². The number of nitrogens with zero attached hydrogens (tertiary/aromatic N) is 1. The lowest BCUT2D eigenvalue weighted by molar-refractivity contribution is 0.0691. The molecule has 0 amide bonds. The zero-order chi connectivity index (χ0) is 14.5. The SMILES string of the molecule is O=C(O)c1nc(NCc2cccc(CO)c2)ccc1Cl. The van der Waals surface area contributed by atoms with Crippen molar-refractivity contribution in [2.75, 3.05) is 5.32 Å². The van der Waals surface area contributed by atoms with E-state index in [4.69, 9.17) is 21.8 Å². The number of aromatic carboxylic acids is 1. The molecule has 1 heterocycles. The van der Waals surface area contributed by atoms with Gasteiger partial charge in [0.05, 0.1) is 11.6 Å². The summed E-state index contributed by atoms with van der Waals surface area (Å²) in [6, 6.07) is 10.5. The first-order valence-corrected chi connectivity index (χ1v) is 6.30. The number of carbonyl (C=O) groups is 1. The Morgan fingerprint density at radius 2 is 2.00 bits per heavy atom. The van der Waals surface area contributed by atoms with E-state index >= 15 is 0 Å². The number of anilines is 1. The molecule has 0 fully saturated rings. The van der Waals surface area contributed by atoms with E-state index in [9.17, 15) is 4.79 Å². The van der Waals surface area contributed by atoms with Gasteiger partial charge in [0.25, 0.3) is 0 Å². The van der Waals surface area contributed by atoms with Gasteiger partial charge in [-0.05, 0) is 23.3 Å². The topological polar surface area (TPSA) is 82.5 Å². The Bertz CT molecular complexity index is 632. The van der Waals surface area contributed by atoms with Crippen molar-refractivity contribution in [1.29, 1.82) is 0 Å². The molecule has 1 aromatic heterocycles. The van der Waals surface area contributed by atoms with Crippen LogP contribution in [0.2, 0.25) is 5.02 Å². The van der Waals surface area contributed by atoms with Gasteiger partial charge in [-0.15, -0.1) is 0 Å². The molecule has 3 N–H and O–H groups in total. The number of carboxylic acid groups (broad SMARTS) is 1. The van der Waals surface area contributed by atoms with Gasteiger partial charge in [-0.1, -0.05) is 35.9 Å². The smallest absolute Gasteiger partial charge is 0.356 e. The summed E-state index contributed by atoms with van der Waals surface area (Å²) in [6.07, 6.45) is 0. The average molecular weight is 293 g/mol. The van der Waals surface area contributed by atoms with Crippen molar-refractivity contribution >= 4 is 23.4 Å². The highest BCUT2D eigenvalue weighted by molar-refractivity contribution is 6.33. The van der Waals surface area contributed by atoms with Crippen molar-refractivity contribution in [2.45, 2.75) is 13.2 Å². The van der Waals surface area contributed by atoms with Crippen LogP contribution in [0.4, 0.5) is 5.82 Å². The average Bonchev–Trinajstić information content (AvgIpc) is 2.46. The van der Waals surface area contributed by atoms with Crippen LogP contribution in [0.3, 0.4) is 0 Å². The van der Waals surface area contributed by atoms with Crippen LogP contribution in [0, 0.1) is 0 Å². The Kier molecular flexibility index (Phi) is 4.55. The standard InChI is InChI=1S/C14H13ClN2O3/c15-11-4-5-12(17-13(11)14(19)20)16-7-9-2-1-3-10(6-9)8-18/h1-6,18H,7-8H2,(H,16,17)(H,19,20). The lowest BCUT2D eigenvalue weighted by Crippen LogP contribution is -2.06. The Morgan fingerprint density at radius 1 is 1.25 bits per heavy atom. The van der Waals surface area contributed by atoms with E-state index in [0.717, 1.165) is 11.1 Å². The zero-order valence-electron chi connectivity index (χ0n) is 10.5. The van der Waals surface area contributed by atoms with Gasteiger partial charge in [-0.2, -0.15) is 0 Å². The lowest BCUT2D eigenvalue weighted by atomic mass is 10.1. The fourth-order valence-electron chi connectivity index (χ4n) is 1.72. The molecule has 0 spiro atoms. The first-order valence-electron chi connectivity index (χ1n) is 5.92. The zero-order valence-corrected chi connectivity index (χ0v) is 11.3. The summed E-state index contributed by atoms with van der Waals surface area (Å²) in [5, 5.41) is 21.1. The van der Waals surface area contributed by atoms with E-state index in [0.29, 0.717) is 12.4 Å². The molecule has 6 heteroatoms. The molecule has 0 unspecified atom stereocenters. The van der Waals surface area contributed by atoms with Crippen LogP contribution >= 0.6 is 11.6 Å². The number of pyridine rings is 1. The summed E-state index contributed by atoms with van der Waals surface area (Å²) in [5.74, 6) is -0.734. The molecular weight excluding hydrogens is 280 g/mol. The third kappa shape index (κ3) is 3.46. The molecule has 0 atom stereocenters. The first-order chi connectivity index (χ1) is 9.60. The second-order valence-corrected chi connectivity index (χ2v) is 4.57. The van der Waals surface area contributed by atoms with Gasteiger partial charge in [-0.3, -0.25) is 0 Å². The van der Waals surface area contributed by atoms with Gasteiger partial charge in [0, 0.05) is 6.54 Å². The molecule has 0 aliphatic rings. The van der Waals surface area contributed by atoms with Gasteiger partial charge in [0.15, 0.2) is 5.69 Å². The second-order valence-electron chi connectivity index (χ2n) is 4.16. The predicted molar refractivity (Wildman–Crippen MR) is 75.9 cm³/mol. The Hall–Kier alpha value is -2.11. The minimum atomic E-state index is -1.17.